The molecule has 1 saturated heterocycles. The SMILES string of the molecule is Cc1ccc(NC(=O)[C@H]2CCCN(c3ncnc4c3nc3n4CCCCC3)C2)cc1Cl. The molecule has 2 aliphatic heterocycles. The lowest BCUT2D eigenvalue weighted by Crippen LogP contribution is -2.41. The van der Waals surface area contributed by atoms with E-state index in [0.29, 0.717) is 11.6 Å². The maximum absolute atomic E-state index is 13.0. The van der Waals surface area contributed by atoms with Gasteiger partial charge < -0.3 is 14.8 Å². The van der Waals surface area contributed by atoms with Crippen LogP contribution in [-0.4, -0.2) is 38.5 Å². The Morgan fingerprint density at radius 2 is 2.06 bits per heavy atom. The van der Waals surface area contributed by atoms with Crippen molar-refractivity contribution in [2.75, 3.05) is 23.3 Å². The number of benzene rings is 1. The molecule has 2 aliphatic rings. The van der Waals surface area contributed by atoms with E-state index in [4.69, 9.17) is 16.6 Å². The van der Waals surface area contributed by atoms with Crippen LogP contribution < -0.4 is 10.2 Å². The summed E-state index contributed by atoms with van der Waals surface area (Å²) in [5.74, 6) is 1.87. The Morgan fingerprint density at radius 1 is 1.16 bits per heavy atom. The Labute approximate surface area is 186 Å². The standard InChI is InChI=1S/C23H27ClN6O/c1-15-8-9-17(12-18(15)24)27-23(31)16-6-5-10-29(13-16)21-20-22(26-14-25-21)30-11-4-2-3-7-19(30)28-20/h8-9,12,14,16H,2-7,10-11,13H2,1H3,(H,27,31)/t16-/m0/s1. The molecule has 0 spiro atoms. The van der Waals surface area contributed by atoms with Crippen LogP contribution in [0.2, 0.25) is 5.02 Å². The minimum atomic E-state index is -0.112. The first-order valence-electron chi connectivity index (χ1n) is 11.1. The predicted molar refractivity (Wildman–Crippen MR) is 123 cm³/mol. The molecule has 1 aromatic carbocycles. The lowest BCUT2D eigenvalue weighted by molar-refractivity contribution is -0.120. The number of nitrogens with zero attached hydrogens (tertiary/aromatic N) is 5. The summed E-state index contributed by atoms with van der Waals surface area (Å²) in [6, 6.07) is 5.62. The summed E-state index contributed by atoms with van der Waals surface area (Å²) in [5, 5.41) is 3.69. The third-order valence-corrected chi connectivity index (χ3v) is 6.81. The molecule has 0 bridgehead atoms. The summed E-state index contributed by atoms with van der Waals surface area (Å²) in [7, 11) is 0. The van der Waals surface area contributed by atoms with Crippen molar-refractivity contribution in [2.45, 2.75) is 52.0 Å². The molecule has 8 heteroatoms. The summed E-state index contributed by atoms with van der Waals surface area (Å²) in [4.78, 5) is 29.2. The molecule has 31 heavy (non-hydrogen) atoms. The number of halogens is 1. The molecule has 1 amide bonds. The van der Waals surface area contributed by atoms with Crippen LogP contribution in [0.5, 0.6) is 0 Å². The number of nitrogens with one attached hydrogen (secondary N) is 1. The lowest BCUT2D eigenvalue weighted by Gasteiger charge is -2.32. The highest BCUT2D eigenvalue weighted by Crippen LogP contribution is 2.30. The Bertz CT molecular complexity index is 1130. The maximum Gasteiger partial charge on any atom is 0.229 e. The molecular formula is C23H27ClN6O. The van der Waals surface area contributed by atoms with Crippen LogP contribution in [0, 0.1) is 12.8 Å². The lowest BCUT2D eigenvalue weighted by atomic mass is 9.97. The smallest absolute Gasteiger partial charge is 0.229 e. The van der Waals surface area contributed by atoms with Crippen molar-refractivity contribution in [2.24, 2.45) is 5.92 Å². The second-order valence-corrected chi connectivity index (χ2v) is 9.01. The van der Waals surface area contributed by atoms with Crippen molar-refractivity contribution in [3.63, 3.8) is 0 Å². The first-order chi connectivity index (χ1) is 15.1. The van der Waals surface area contributed by atoms with Crippen LogP contribution in [0.1, 0.15) is 43.5 Å². The van der Waals surface area contributed by atoms with Gasteiger partial charge in [0.1, 0.15) is 12.2 Å². The van der Waals surface area contributed by atoms with Crippen LogP contribution in [0.4, 0.5) is 11.5 Å². The molecule has 0 saturated carbocycles. The number of carbonyl (C=O) groups excluding carboxylic acids is 1. The number of piperidine rings is 1. The zero-order valence-electron chi connectivity index (χ0n) is 17.8. The number of imidazole rings is 1. The summed E-state index contributed by atoms with van der Waals surface area (Å²) >= 11 is 6.21. The zero-order chi connectivity index (χ0) is 21.4. The molecule has 5 rings (SSSR count). The summed E-state index contributed by atoms with van der Waals surface area (Å²) < 4.78 is 2.25. The molecule has 1 atom stereocenters. The highest BCUT2D eigenvalue weighted by Gasteiger charge is 2.29. The van der Waals surface area contributed by atoms with E-state index < -0.39 is 0 Å². The maximum atomic E-state index is 13.0. The number of fused-ring (bicyclic) bond motifs is 3. The number of aromatic nitrogens is 4. The van der Waals surface area contributed by atoms with Gasteiger partial charge in [-0.05, 0) is 50.3 Å². The first-order valence-corrected chi connectivity index (χ1v) is 11.5. The number of carbonyl (C=O) groups is 1. The summed E-state index contributed by atoms with van der Waals surface area (Å²) in [5.41, 5.74) is 3.52. The number of rotatable bonds is 3. The molecule has 0 radical (unpaired) electrons. The third kappa shape index (κ3) is 3.99. The quantitative estimate of drug-likeness (QED) is 0.657. The zero-order valence-corrected chi connectivity index (χ0v) is 18.5. The van der Waals surface area contributed by atoms with Crippen LogP contribution in [0.3, 0.4) is 0 Å². The molecule has 1 N–H and O–H groups in total. The monoisotopic (exact) mass is 438 g/mol. The molecular weight excluding hydrogens is 412 g/mol. The van der Waals surface area contributed by atoms with Crippen molar-refractivity contribution in [3.05, 3.63) is 40.9 Å². The Balaban J connectivity index is 1.37. The van der Waals surface area contributed by atoms with Crippen LogP contribution in [0.15, 0.2) is 24.5 Å². The van der Waals surface area contributed by atoms with Crippen molar-refractivity contribution in [1.82, 2.24) is 19.5 Å². The Kier molecular flexibility index (Phi) is 5.52. The van der Waals surface area contributed by atoms with Crippen LogP contribution >= 0.6 is 11.6 Å². The van der Waals surface area contributed by atoms with Gasteiger partial charge in [0, 0.05) is 36.8 Å². The van der Waals surface area contributed by atoms with Gasteiger partial charge >= 0.3 is 0 Å². The molecule has 4 heterocycles. The molecule has 0 aliphatic carbocycles. The largest absolute Gasteiger partial charge is 0.354 e. The van der Waals surface area contributed by atoms with Gasteiger partial charge in [-0.15, -0.1) is 0 Å². The minimum absolute atomic E-state index is 0.0237. The normalized spacial score (nSPS) is 19.2. The number of anilines is 2. The molecule has 162 valence electrons. The highest BCUT2D eigenvalue weighted by molar-refractivity contribution is 6.31. The van der Waals surface area contributed by atoms with E-state index in [1.165, 1.54) is 12.8 Å². The van der Waals surface area contributed by atoms with Gasteiger partial charge in [0.25, 0.3) is 0 Å². The van der Waals surface area contributed by atoms with E-state index in [-0.39, 0.29) is 11.8 Å². The van der Waals surface area contributed by atoms with Gasteiger partial charge in [0.2, 0.25) is 5.91 Å². The second kappa shape index (κ2) is 8.46. The molecule has 1 fully saturated rings. The fourth-order valence-electron chi connectivity index (χ4n) is 4.66. The van der Waals surface area contributed by atoms with Crippen molar-refractivity contribution in [3.8, 4) is 0 Å². The molecule has 2 aromatic heterocycles. The van der Waals surface area contributed by atoms with Gasteiger partial charge in [0.15, 0.2) is 17.0 Å². The molecule has 0 unspecified atom stereocenters. The summed E-state index contributed by atoms with van der Waals surface area (Å²) in [6.07, 6.45) is 7.98. The number of hydrogen-bond acceptors (Lipinski definition) is 5. The first kappa shape index (κ1) is 20.2. The van der Waals surface area contributed by atoms with Crippen molar-refractivity contribution >= 4 is 40.2 Å². The second-order valence-electron chi connectivity index (χ2n) is 8.60. The topological polar surface area (TPSA) is 75.9 Å². The van der Waals surface area contributed by atoms with E-state index in [2.05, 4.69) is 24.8 Å². The van der Waals surface area contributed by atoms with Gasteiger partial charge in [-0.1, -0.05) is 24.1 Å². The fraction of sp³-hybridized carbons (Fsp3) is 0.478. The average Bonchev–Trinajstić information content (AvgIpc) is 2.97. The number of hydrogen-bond donors (Lipinski definition) is 1. The average molecular weight is 439 g/mol. The van der Waals surface area contributed by atoms with Crippen LogP contribution in [-0.2, 0) is 17.8 Å². The number of amides is 1. The van der Waals surface area contributed by atoms with Gasteiger partial charge in [0.05, 0.1) is 5.92 Å². The number of aryl methyl sites for hydroxylation is 3. The molecule has 7 nitrogen and oxygen atoms in total. The van der Waals surface area contributed by atoms with E-state index >= 15 is 0 Å². The van der Waals surface area contributed by atoms with E-state index in [9.17, 15) is 4.79 Å². The van der Waals surface area contributed by atoms with E-state index in [1.807, 2.05) is 25.1 Å². The molecule has 3 aromatic rings. The van der Waals surface area contributed by atoms with Crippen molar-refractivity contribution < 1.29 is 4.79 Å². The van der Waals surface area contributed by atoms with E-state index in [1.54, 1.807) is 6.33 Å². The predicted octanol–water partition coefficient (Wildman–Crippen LogP) is 4.37. The Morgan fingerprint density at radius 3 is 2.94 bits per heavy atom. The van der Waals surface area contributed by atoms with Gasteiger partial charge in [-0.3, -0.25) is 4.79 Å². The van der Waals surface area contributed by atoms with Crippen molar-refractivity contribution in [1.29, 1.82) is 0 Å². The fourth-order valence-corrected chi connectivity index (χ4v) is 4.84. The van der Waals surface area contributed by atoms with Gasteiger partial charge in [-0.25, -0.2) is 15.0 Å². The third-order valence-electron chi connectivity index (χ3n) is 6.40. The van der Waals surface area contributed by atoms with Gasteiger partial charge in [-0.2, -0.15) is 0 Å². The summed E-state index contributed by atoms with van der Waals surface area (Å²) in [6.45, 7) is 4.41. The van der Waals surface area contributed by atoms with E-state index in [0.717, 1.165) is 72.8 Å². The highest BCUT2D eigenvalue weighted by atomic mass is 35.5. The minimum Gasteiger partial charge on any atom is -0.354 e. The Hall–Kier alpha value is -2.67. The van der Waals surface area contributed by atoms with Crippen LogP contribution in [0.25, 0.3) is 11.2 Å².